The van der Waals surface area contributed by atoms with E-state index < -0.39 is 0 Å². The second-order valence-corrected chi connectivity index (χ2v) is 6.09. The van der Waals surface area contributed by atoms with E-state index in [9.17, 15) is 0 Å². The summed E-state index contributed by atoms with van der Waals surface area (Å²) in [4.78, 5) is 4.28. The van der Waals surface area contributed by atoms with Gasteiger partial charge in [-0.1, -0.05) is 30.4 Å². The first-order valence-corrected chi connectivity index (χ1v) is 8.45. The number of nitrogen functional groups attached to an aromatic ring is 1. The van der Waals surface area contributed by atoms with Gasteiger partial charge in [0.15, 0.2) is 0 Å². The number of nitrogens with zero attached hydrogens (tertiary/aromatic N) is 3. The molecule has 3 aromatic rings. The largest absolute Gasteiger partial charge is 0.416 e. The van der Waals surface area contributed by atoms with E-state index in [0.29, 0.717) is 23.2 Å². The van der Waals surface area contributed by atoms with Gasteiger partial charge in [-0.2, -0.15) is 0 Å². The molecule has 0 atom stereocenters. The van der Waals surface area contributed by atoms with Crippen molar-refractivity contribution in [2.24, 2.45) is 0 Å². The molecule has 2 heterocycles. The van der Waals surface area contributed by atoms with E-state index in [1.807, 2.05) is 37.4 Å². The summed E-state index contributed by atoms with van der Waals surface area (Å²) >= 11 is 0. The van der Waals surface area contributed by atoms with Crippen LogP contribution in [0.15, 0.2) is 59.2 Å². The first-order chi connectivity index (χ1) is 12.7. The highest BCUT2D eigenvalue weighted by atomic mass is 16.4. The minimum absolute atomic E-state index is 0.369. The molecule has 1 aromatic carbocycles. The van der Waals surface area contributed by atoms with Crippen molar-refractivity contribution in [3.63, 3.8) is 0 Å². The molecule has 0 saturated carbocycles. The number of rotatable bonds is 5. The number of hydrogen-bond acceptors (Lipinski definition) is 6. The lowest BCUT2D eigenvalue weighted by Gasteiger charge is -2.04. The van der Waals surface area contributed by atoms with Crippen LogP contribution in [-0.2, 0) is 6.54 Å². The lowest BCUT2D eigenvalue weighted by molar-refractivity contribution is 0.584. The van der Waals surface area contributed by atoms with Gasteiger partial charge >= 0.3 is 0 Å². The molecule has 0 amide bonds. The summed E-state index contributed by atoms with van der Waals surface area (Å²) in [6, 6.07) is 9.94. The lowest BCUT2D eigenvalue weighted by Crippen LogP contribution is -2.04. The molecule has 0 radical (unpaired) electrons. The molecule has 0 bridgehead atoms. The molecule has 2 aromatic heterocycles. The summed E-state index contributed by atoms with van der Waals surface area (Å²) in [5.41, 5.74) is 10.9. The van der Waals surface area contributed by atoms with Crippen LogP contribution >= 0.6 is 0 Å². The number of hydrogen-bond donors (Lipinski definition) is 2. The minimum Gasteiger partial charge on any atom is -0.416 e. The number of anilines is 1. The second kappa shape index (κ2) is 6.93. The summed E-state index contributed by atoms with van der Waals surface area (Å²) < 4.78 is 5.86. The van der Waals surface area contributed by atoms with Crippen LogP contribution < -0.4 is 11.1 Å². The highest BCUT2D eigenvalue weighted by molar-refractivity contribution is 5.80. The van der Waals surface area contributed by atoms with Crippen LogP contribution in [-0.4, -0.2) is 22.2 Å². The summed E-state index contributed by atoms with van der Waals surface area (Å²) in [7, 11) is 1.92. The fraction of sp³-hybridized carbons (Fsp3) is 0.150. The molecule has 0 spiro atoms. The van der Waals surface area contributed by atoms with Crippen LogP contribution in [0, 0.1) is 0 Å². The van der Waals surface area contributed by atoms with Crippen molar-refractivity contribution in [3.05, 3.63) is 65.9 Å². The molecule has 26 heavy (non-hydrogen) atoms. The maximum Gasteiger partial charge on any atom is 0.251 e. The quantitative estimate of drug-likeness (QED) is 0.736. The minimum atomic E-state index is 0.369. The Kier molecular flexibility index (Phi) is 4.33. The van der Waals surface area contributed by atoms with E-state index in [1.165, 1.54) is 5.56 Å². The Hall–Kier alpha value is -3.25. The Morgan fingerprint density at radius 3 is 2.65 bits per heavy atom. The Balaban J connectivity index is 1.65. The maximum atomic E-state index is 6.04. The summed E-state index contributed by atoms with van der Waals surface area (Å²) in [6.45, 7) is 0.814. The van der Waals surface area contributed by atoms with Gasteiger partial charge in [0, 0.05) is 23.9 Å². The van der Waals surface area contributed by atoms with E-state index in [2.05, 4.69) is 38.7 Å². The molecular weight excluding hydrogens is 326 g/mol. The Bertz CT molecular complexity index is 986. The van der Waals surface area contributed by atoms with Crippen LogP contribution in [0.1, 0.15) is 17.5 Å². The van der Waals surface area contributed by atoms with E-state index in [0.717, 1.165) is 29.7 Å². The van der Waals surface area contributed by atoms with Crippen LogP contribution in [0.4, 0.5) is 5.82 Å². The van der Waals surface area contributed by atoms with Crippen molar-refractivity contribution in [1.82, 2.24) is 20.5 Å². The summed E-state index contributed by atoms with van der Waals surface area (Å²) in [6.07, 6.45) is 9.02. The van der Waals surface area contributed by atoms with E-state index >= 15 is 0 Å². The normalized spacial score (nSPS) is 13.2. The third kappa shape index (κ3) is 3.14. The predicted octanol–water partition coefficient (Wildman–Crippen LogP) is 3.44. The highest BCUT2D eigenvalue weighted by Crippen LogP contribution is 2.30. The lowest BCUT2D eigenvalue weighted by atomic mass is 10.1. The highest BCUT2D eigenvalue weighted by Gasteiger charge is 2.15. The van der Waals surface area contributed by atoms with Gasteiger partial charge < -0.3 is 15.5 Å². The maximum absolute atomic E-state index is 6.04. The zero-order valence-corrected chi connectivity index (χ0v) is 14.4. The third-order valence-electron chi connectivity index (χ3n) is 4.26. The molecule has 0 saturated heterocycles. The number of nitrogens with two attached hydrogens (primary N) is 1. The first-order valence-electron chi connectivity index (χ1n) is 8.45. The molecule has 1 aliphatic rings. The topological polar surface area (TPSA) is 89.9 Å². The fourth-order valence-electron chi connectivity index (χ4n) is 2.89. The molecule has 6 heteroatoms. The van der Waals surface area contributed by atoms with E-state index in [4.69, 9.17) is 10.2 Å². The Morgan fingerprint density at radius 1 is 1.12 bits per heavy atom. The predicted molar refractivity (Wildman–Crippen MR) is 102 cm³/mol. The number of benzene rings is 1. The van der Waals surface area contributed by atoms with Gasteiger partial charge in [-0.25, -0.2) is 4.98 Å². The first kappa shape index (κ1) is 16.2. The van der Waals surface area contributed by atoms with Crippen LogP contribution in [0.2, 0.25) is 0 Å². The molecule has 4 rings (SSSR count). The van der Waals surface area contributed by atoms with Crippen molar-refractivity contribution in [2.75, 3.05) is 12.8 Å². The van der Waals surface area contributed by atoms with Gasteiger partial charge in [-0.05, 0) is 42.8 Å². The molecule has 0 fully saturated rings. The van der Waals surface area contributed by atoms with Gasteiger partial charge in [0.2, 0.25) is 5.89 Å². The number of nitrogens with one attached hydrogen (secondary N) is 1. The number of aromatic nitrogens is 3. The molecule has 0 aliphatic heterocycles. The standard InChI is InChI=1S/C20H19N5O/c1-22-11-13-6-8-15(9-7-13)19-24-25-20(26-19)17-10-16(12-23-18(17)21)14-4-2-3-5-14/h2,4-10,12,22H,3,11H2,1H3,(H2,21,23). The van der Waals surface area contributed by atoms with E-state index in [1.54, 1.807) is 6.20 Å². The van der Waals surface area contributed by atoms with E-state index in [-0.39, 0.29) is 0 Å². The fourth-order valence-corrected chi connectivity index (χ4v) is 2.89. The van der Waals surface area contributed by atoms with Crippen LogP contribution in [0.25, 0.3) is 28.5 Å². The number of pyridine rings is 1. The smallest absolute Gasteiger partial charge is 0.251 e. The average Bonchev–Trinajstić information content (AvgIpc) is 3.35. The van der Waals surface area contributed by atoms with Gasteiger partial charge in [0.1, 0.15) is 5.82 Å². The Morgan fingerprint density at radius 2 is 1.92 bits per heavy atom. The zero-order valence-electron chi connectivity index (χ0n) is 14.4. The summed E-state index contributed by atoms with van der Waals surface area (Å²) in [5, 5.41) is 11.4. The average molecular weight is 345 g/mol. The molecule has 0 unspecified atom stereocenters. The summed E-state index contributed by atoms with van der Waals surface area (Å²) in [5.74, 6) is 1.20. The van der Waals surface area contributed by atoms with Crippen molar-refractivity contribution in [2.45, 2.75) is 13.0 Å². The molecule has 6 nitrogen and oxygen atoms in total. The number of allylic oxidation sites excluding steroid dienone is 4. The van der Waals surface area contributed by atoms with Gasteiger partial charge in [0.05, 0.1) is 5.56 Å². The van der Waals surface area contributed by atoms with Crippen LogP contribution in [0.3, 0.4) is 0 Å². The molecular formula is C20H19N5O. The zero-order chi connectivity index (χ0) is 17.9. The third-order valence-corrected chi connectivity index (χ3v) is 4.26. The van der Waals surface area contributed by atoms with Crippen molar-refractivity contribution >= 4 is 11.4 Å². The second-order valence-electron chi connectivity index (χ2n) is 6.09. The SMILES string of the molecule is CNCc1ccc(-c2nnc(-c3cc(C4=CCC=C4)cnc3N)o2)cc1. The molecule has 1 aliphatic carbocycles. The van der Waals surface area contributed by atoms with Gasteiger partial charge in [-0.15, -0.1) is 10.2 Å². The molecule has 130 valence electrons. The van der Waals surface area contributed by atoms with Crippen molar-refractivity contribution in [1.29, 1.82) is 0 Å². The van der Waals surface area contributed by atoms with Gasteiger partial charge in [0.25, 0.3) is 5.89 Å². The van der Waals surface area contributed by atoms with Gasteiger partial charge in [-0.3, -0.25) is 0 Å². The van der Waals surface area contributed by atoms with Crippen molar-refractivity contribution < 1.29 is 4.42 Å². The molecule has 3 N–H and O–H groups in total. The Labute approximate surface area is 151 Å². The monoisotopic (exact) mass is 345 g/mol. The van der Waals surface area contributed by atoms with Crippen molar-refractivity contribution in [3.8, 4) is 22.9 Å². The van der Waals surface area contributed by atoms with Crippen LogP contribution in [0.5, 0.6) is 0 Å².